The fraction of sp³-hybridized carbons (Fsp3) is 0.357. The Morgan fingerprint density at radius 1 is 1.32 bits per heavy atom. The van der Waals surface area contributed by atoms with Crippen LogP contribution in [0.15, 0.2) is 18.2 Å². The molecule has 0 spiro atoms. The molecule has 5 heteroatoms. The van der Waals surface area contributed by atoms with Gasteiger partial charge < -0.3 is 5.11 Å². The van der Waals surface area contributed by atoms with E-state index in [2.05, 4.69) is 0 Å². The van der Waals surface area contributed by atoms with Crippen molar-refractivity contribution in [2.75, 3.05) is 4.90 Å². The van der Waals surface area contributed by atoms with E-state index in [1.807, 2.05) is 0 Å². The van der Waals surface area contributed by atoms with Crippen LogP contribution in [0.25, 0.3) is 0 Å². The van der Waals surface area contributed by atoms with Crippen molar-refractivity contribution in [3.8, 4) is 0 Å². The van der Waals surface area contributed by atoms with E-state index in [-0.39, 0.29) is 5.78 Å². The Morgan fingerprint density at radius 2 is 1.95 bits per heavy atom. The molecule has 2 rings (SSSR count). The summed E-state index contributed by atoms with van der Waals surface area (Å²) >= 11 is 0. The van der Waals surface area contributed by atoms with Crippen molar-refractivity contribution < 1.29 is 19.5 Å². The van der Waals surface area contributed by atoms with Gasteiger partial charge in [0.1, 0.15) is 0 Å². The topological polar surface area (TPSA) is 74.7 Å². The van der Waals surface area contributed by atoms with Crippen LogP contribution >= 0.6 is 0 Å². The molecule has 0 atom stereocenters. The summed E-state index contributed by atoms with van der Waals surface area (Å²) in [5.41, 5.74) is 0.501. The molecule has 1 heterocycles. The lowest BCUT2D eigenvalue weighted by molar-refractivity contribution is -0.121. The Kier molecular flexibility index (Phi) is 2.92. The number of benzene rings is 1. The highest BCUT2D eigenvalue weighted by molar-refractivity contribution is 6.20. The van der Waals surface area contributed by atoms with Crippen LogP contribution in [0.5, 0.6) is 0 Å². The first-order chi connectivity index (χ1) is 8.80. The number of rotatable bonds is 2. The zero-order valence-electron chi connectivity index (χ0n) is 11.1. The lowest BCUT2D eigenvalue weighted by Crippen LogP contribution is -2.39. The molecule has 19 heavy (non-hydrogen) atoms. The van der Waals surface area contributed by atoms with Crippen molar-refractivity contribution in [1.29, 1.82) is 0 Å². The van der Waals surface area contributed by atoms with Crippen LogP contribution in [0.4, 0.5) is 10.5 Å². The fourth-order valence-electron chi connectivity index (χ4n) is 2.30. The van der Waals surface area contributed by atoms with Crippen LogP contribution in [0.3, 0.4) is 0 Å². The molecular formula is C14H15NO4. The molecule has 2 amide bonds. The molecule has 5 nitrogen and oxygen atoms in total. The van der Waals surface area contributed by atoms with Crippen molar-refractivity contribution in [2.45, 2.75) is 32.6 Å². The molecule has 0 bridgehead atoms. The number of amides is 2. The number of imide groups is 1. The smallest absolute Gasteiger partial charge is 0.418 e. The van der Waals surface area contributed by atoms with Gasteiger partial charge in [0.05, 0.1) is 11.1 Å². The van der Waals surface area contributed by atoms with Crippen molar-refractivity contribution >= 4 is 23.5 Å². The number of carbonyl (C=O) groups excluding carboxylic acids is 2. The number of hydrogen-bond acceptors (Lipinski definition) is 3. The van der Waals surface area contributed by atoms with Gasteiger partial charge in [-0.15, -0.1) is 0 Å². The van der Waals surface area contributed by atoms with E-state index in [1.165, 1.54) is 6.07 Å². The summed E-state index contributed by atoms with van der Waals surface area (Å²) in [6, 6.07) is 4.72. The Hall–Kier alpha value is -2.17. The average molecular weight is 261 g/mol. The minimum Gasteiger partial charge on any atom is -0.464 e. The van der Waals surface area contributed by atoms with Gasteiger partial charge in [-0.3, -0.25) is 9.59 Å². The minimum absolute atomic E-state index is 0.0279. The third-order valence-corrected chi connectivity index (χ3v) is 3.48. The molecule has 0 unspecified atom stereocenters. The first-order valence-electron chi connectivity index (χ1n) is 6.06. The predicted octanol–water partition coefficient (Wildman–Crippen LogP) is 2.58. The number of carboxylic acid groups (broad SMARTS) is 1. The summed E-state index contributed by atoms with van der Waals surface area (Å²) in [6.07, 6.45) is -0.929. The van der Waals surface area contributed by atoms with Crippen LogP contribution in [0.1, 0.15) is 43.1 Å². The molecule has 0 saturated carbocycles. The van der Waals surface area contributed by atoms with Gasteiger partial charge in [0.25, 0.3) is 0 Å². The number of hydrogen-bond donors (Lipinski definition) is 1. The van der Waals surface area contributed by atoms with Crippen LogP contribution in [-0.4, -0.2) is 22.9 Å². The van der Waals surface area contributed by atoms with E-state index in [0.717, 1.165) is 4.90 Å². The fourth-order valence-corrected chi connectivity index (χ4v) is 2.30. The van der Waals surface area contributed by atoms with Gasteiger partial charge in [0.15, 0.2) is 5.78 Å². The summed E-state index contributed by atoms with van der Waals surface area (Å²) in [5.74, 6) is -0.518. The Bertz CT molecular complexity index is 589. The largest absolute Gasteiger partial charge is 0.464 e. The number of fused-ring (bicyclic) bond motifs is 1. The lowest BCUT2D eigenvalue weighted by Gasteiger charge is -2.16. The summed E-state index contributed by atoms with van der Waals surface area (Å²) in [4.78, 5) is 35.8. The molecule has 0 aliphatic carbocycles. The van der Waals surface area contributed by atoms with E-state index in [4.69, 9.17) is 5.11 Å². The number of carbonyl (C=O) groups is 3. The molecular weight excluding hydrogens is 246 g/mol. The Balaban J connectivity index is 2.63. The summed E-state index contributed by atoms with van der Waals surface area (Å²) in [7, 11) is 0. The quantitative estimate of drug-likeness (QED) is 0.830. The van der Waals surface area contributed by atoms with Crippen molar-refractivity contribution in [3.63, 3.8) is 0 Å². The van der Waals surface area contributed by atoms with Crippen molar-refractivity contribution in [1.82, 2.24) is 0 Å². The first-order valence-corrected chi connectivity index (χ1v) is 6.06. The Morgan fingerprint density at radius 3 is 2.47 bits per heavy atom. The van der Waals surface area contributed by atoms with Crippen LogP contribution in [0, 0.1) is 0 Å². The summed E-state index contributed by atoms with van der Waals surface area (Å²) in [6.45, 7) is 5.09. The van der Waals surface area contributed by atoms with E-state index in [0.29, 0.717) is 23.2 Å². The van der Waals surface area contributed by atoms with Crippen molar-refractivity contribution in [2.24, 2.45) is 0 Å². The maximum atomic E-state index is 12.1. The van der Waals surface area contributed by atoms with E-state index in [1.54, 1.807) is 32.9 Å². The minimum atomic E-state index is -1.30. The van der Waals surface area contributed by atoms with Crippen LogP contribution < -0.4 is 4.90 Å². The highest BCUT2D eigenvalue weighted by atomic mass is 16.4. The van der Waals surface area contributed by atoms with Crippen LogP contribution in [-0.2, 0) is 10.2 Å². The Labute approximate surface area is 110 Å². The molecule has 1 aromatic rings. The van der Waals surface area contributed by atoms with Gasteiger partial charge in [-0.05, 0) is 37.6 Å². The molecule has 100 valence electrons. The second-order valence-electron chi connectivity index (χ2n) is 5.06. The van der Waals surface area contributed by atoms with Gasteiger partial charge in [0.2, 0.25) is 5.91 Å². The molecule has 0 radical (unpaired) electrons. The second-order valence-corrected chi connectivity index (χ2v) is 5.06. The molecule has 1 aliphatic heterocycles. The van der Waals surface area contributed by atoms with Crippen molar-refractivity contribution in [3.05, 3.63) is 29.3 Å². The predicted molar refractivity (Wildman–Crippen MR) is 69.6 cm³/mol. The highest BCUT2D eigenvalue weighted by Gasteiger charge is 2.46. The standard InChI is InChI=1S/C14H15NO4/c1-4-11(16)8-5-6-10-9(7-8)14(2,3)12(17)15(10)13(18)19/h5-7H,4H2,1-3H3,(H,18,19). The van der Waals surface area contributed by atoms with E-state index < -0.39 is 17.4 Å². The number of ketones is 1. The zero-order chi connectivity index (χ0) is 14.4. The maximum absolute atomic E-state index is 12.1. The lowest BCUT2D eigenvalue weighted by atomic mass is 9.85. The first kappa shape index (κ1) is 13.3. The molecule has 1 aliphatic rings. The van der Waals surface area contributed by atoms with E-state index in [9.17, 15) is 14.4 Å². The van der Waals surface area contributed by atoms with Crippen LogP contribution in [0.2, 0.25) is 0 Å². The van der Waals surface area contributed by atoms with Gasteiger partial charge in [-0.25, -0.2) is 9.69 Å². The number of Topliss-reactive ketones (excluding diaryl/α,β-unsaturated/α-hetero) is 1. The molecule has 0 fully saturated rings. The summed E-state index contributed by atoms with van der Waals surface area (Å²) in [5, 5.41) is 9.13. The molecule has 1 aromatic carbocycles. The monoisotopic (exact) mass is 261 g/mol. The molecule has 0 aromatic heterocycles. The maximum Gasteiger partial charge on any atom is 0.418 e. The van der Waals surface area contributed by atoms with Gasteiger partial charge in [-0.1, -0.05) is 6.92 Å². The van der Waals surface area contributed by atoms with Gasteiger partial charge in [0, 0.05) is 12.0 Å². The average Bonchev–Trinajstić information content (AvgIpc) is 2.56. The summed E-state index contributed by atoms with van der Waals surface area (Å²) < 4.78 is 0. The van der Waals surface area contributed by atoms with Gasteiger partial charge >= 0.3 is 6.09 Å². The molecule has 0 saturated heterocycles. The van der Waals surface area contributed by atoms with Gasteiger partial charge in [-0.2, -0.15) is 0 Å². The zero-order valence-corrected chi connectivity index (χ0v) is 11.1. The normalized spacial score (nSPS) is 16.4. The third kappa shape index (κ3) is 1.82. The third-order valence-electron chi connectivity index (χ3n) is 3.48. The number of nitrogens with zero attached hydrogens (tertiary/aromatic N) is 1. The number of anilines is 1. The molecule has 1 N–H and O–H groups in total. The van der Waals surface area contributed by atoms with E-state index >= 15 is 0 Å². The highest BCUT2D eigenvalue weighted by Crippen LogP contribution is 2.42. The second kappa shape index (κ2) is 4.19. The SMILES string of the molecule is CCC(=O)c1ccc2c(c1)C(C)(C)C(=O)N2C(=O)O.